The summed E-state index contributed by atoms with van der Waals surface area (Å²) in [5.74, 6) is 0.854. The van der Waals surface area contributed by atoms with Crippen molar-refractivity contribution in [2.24, 2.45) is 0 Å². The van der Waals surface area contributed by atoms with Gasteiger partial charge in [0.2, 0.25) is 0 Å². The van der Waals surface area contributed by atoms with Crippen molar-refractivity contribution in [2.75, 3.05) is 36.5 Å². The van der Waals surface area contributed by atoms with Gasteiger partial charge in [0.05, 0.1) is 11.8 Å². The number of hydrogen-bond acceptors (Lipinski definition) is 5. The Hall–Kier alpha value is -2.67. The summed E-state index contributed by atoms with van der Waals surface area (Å²) in [6.07, 6.45) is 9.78. The summed E-state index contributed by atoms with van der Waals surface area (Å²) in [5, 5.41) is 3.09. The molecule has 2 aliphatic heterocycles. The largest absolute Gasteiger partial charge is 0.376 e. The quantitative estimate of drug-likeness (QED) is 0.831. The molecule has 2 aromatic rings. The highest BCUT2D eigenvalue weighted by atomic mass is 16.5. The van der Waals surface area contributed by atoms with E-state index in [4.69, 9.17) is 4.74 Å². The molecule has 2 fully saturated rings. The monoisotopic (exact) mass is 381 g/mol. The second kappa shape index (κ2) is 9.01. The van der Waals surface area contributed by atoms with Gasteiger partial charge in [-0.25, -0.2) is 9.78 Å². The van der Waals surface area contributed by atoms with Crippen LogP contribution in [0.4, 0.5) is 16.3 Å². The molecule has 28 heavy (non-hydrogen) atoms. The average molecular weight is 381 g/mol. The van der Waals surface area contributed by atoms with Gasteiger partial charge in [-0.3, -0.25) is 4.98 Å². The second-order valence-corrected chi connectivity index (χ2v) is 7.38. The van der Waals surface area contributed by atoms with E-state index in [2.05, 4.69) is 20.2 Å². The fraction of sp³-hybridized carbons (Fsp3) is 0.476. The summed E-state index contributed by atoms with van der Waals surface area (Å²) in [7, 11) is 0. The van der Waals surface area contributed by atoms with Crippen molar-refractivity contribution in [1.82, 2.24) is 14.9 Å². The van der Waals surface area contributed by atoms with Crippen LogP contribution in [0.2, 0.25) is 0 Å². The molecule has 0 bridgehead atoms. The number of urea groups is 1. The molecule has 0 unspecified atom stereocenters. The van der Waals surface area contributed by atoms with Crippen LogP contribution in [0.25, 0.3) is 0 Å². The molecule has 4 heterocycles. The van der Waals surface area contributed by atoms with Crippen molar-refractivity contribution in [3.63, 3.8) is 0 Å². The molecule has 0 saturated carbocycles. The third-order valence-corrected chi connectivity index (χ3v) is 5.27. The SMILES string of the molecule is O=C(Nc1cccnc1N1CCCC1)N(Cc1cccnc1)C[C@H]1CCCO1. The third-order valence-electron chi connectivity index (χ3n) is 5.27. The molecule has 1 atom stereocenters. The normalized spacial score (nSPS) is 19.0. The van der Waals surface area contributed by atoms with E-state index < -0.39 is 0 Å². The highest BCUT2D eigenvalue weighted by molar-refractivity contribution is 5.92. The van der Waals surface area contributed by atoms with E-state index in [1.165, 1.54) is 0 Å². The Labute approximate surface area is 165 Å². The van der Waals surface area contributed by atoms with Crippen LogP contribution in [-0.2, 0) is 11.3 Å². The highest BCUT2D eigenvalue weighted by Gasteiger charge is 2.24. The van der Waals surface area contributed by atoms with Gasteiger partial charge < -0.3 is 19.9 Å². The van der Waals surface area contributed by atoms with Crippen molar-refractivity contribution in [3.8, 4) is 0 Å². The molecule has 7 nitrogen and oxygen atoms in total. The fourth-order valence-electron chi connectivity index (χ4n) is 3.84. The molecule has 0 spiro atoms. The Morgan fingerprint density at radius 2 is 2.07 bits per heavy atom. The predicted octanol–water partition coefficient (Wildman–Crippen LogP) is 3.29. The van der Waals surface area contributed by atoms with Gasteiger partial charge in [0.1, 0.15) is 0 Å². The Morgan fingerprint density at radius 1 is 1.21 bits per heavy atom. The standard InChI is InChI=1S/C21H27N5O2/c27-21(24-19-8-4-10-23-20(19)25-11-1-2-12-25)26(16-18-7-5-13-28-18)15-17-6-3-9-22-14-17/h3-4,6,8-10,14,18H,1-2,5,7,11-13,15-16H2,(H,24,27)/t18-/m1/s1. The van der Waals surface area contributed by atoms with Gasteiger partial charge in [-0.05, 0) is 49.4 Å². The minimum atomic E-state index is -0.132. The average Bonchev–Trinajstić information content (AvgIpc) is 3.43. The lowest BCUT2D eigenvalue weighted by Gasteiger charge is -2.27. The zero-order valence-electron chi connectivity index (χ0n) is 16.1. The molecule has 2 saturated heterocycles. The van der Waals surface area contributed by atoms with Gasteiger partial charge in [-0.15, -0.1) is 0 Å². The third kappa shape index (κ3) is 4.59. The summed E-state index contributed by atoms with van der Waals surface area (Å²) >= 11 is 0. The topological polar surface area (TPSA) is 70.6 Å². The Morgan fingerprint density at radius 3 is 2.82 bits per heavy atom. The van der Waals surface area contributed by atoms with Gasteiger partial charge in [-0.2, -0.15) is 0 Å². The summed E-state index contributed by atoms with van der Waals surface area (Å²) in [6.45, 7) is 3.80. The van der Waals surface area contributed by atoms with Gasteiger partial charge in [0.15, 0.2) is 5.82 Å². The number of pyridine rings is 2. The number of amides is 2. The molecular weight excluding hydrogens is 354 g/mol. The fourth-order valence-corrected chi connectivity index (χ4v) is 3.84. The van der Waals surface area contributed by atoms with Crippen LogP contribution in [0.15, 0.2) is 42.9 Å². The van der Waals surface area contributed by atoms with Gasteiger partial charge in [-0.1, -0.05) is 6.07 Å². The minimum absolute atomic E-state index is 0.0920. The number of anilines is 2. The molecule has 2 aromatic heterocycles. The van der Waals surface area contributed by atoms with E-state index in [9.17, 15) is 4.79 Å². The van der Waals surface area contributed by atoms with E-state index in [1.807, 2.05) is 29.2 Å². The number of nitrogens with one attached hydrogen (secondary N) is 1. The molecular formula is C21H27N5O2. The zero-order valence-corrected chi connectivity index (χ0v) is 16.1. The number of ether oxygens (including phenoxy) is 1. The Balaban J connectivity index is 1.50. The molecule has 1 N–H and O–H groups in total. The maximum absolute atomic E-state index is 13.2. The van der Waals surface area contributed by atoms with Crippen molar-refractivity contribution in [1.29, 1.82) is 0 Å². The summed E-state index contributed by atoms with van der Waals surface area (Å²) in [5.41, 5.74) is 1.76. The van der Waals surface area contributed by atoms with Crippen LogP contribution in [0.3, 0.4) is 0 Å². The first-order valence-corrected chi connectivity index (χ1v) is 10.1. The first-order valence-electron chi connectivity index (χ1n) is 10.1. The number of aromatic nitrogens is 2. The lowest BCUT2D eigenvalue weighted by Crippen LogP contribution is -2.40. The number of carbonyl (C=O) groups excluding carboxylic acids is 1. The summed E-state index contributed by atoms with van der Waals surface area (Å²) in [4.78, 5) is 25.9. The molecule has 2 aliphatic rings. The molecule has 0 aliphatic carbocycles. The van der Waals surface area contributed by atoms with Crippen molar-refractivity contribution < 1.29 is 9.53 Å². The van der Waals surface area contributed by atoms with Crippen molar-refractivity contribution in [2.45, 2.75) is 38.3 Å². The Bertz CT molecular complexity index is 773. The zero-order chi connectivity index (χ0) is 19.2. The highest BCUT2D eigenvalue weighted by Crippen LogP contribution is 2.26. The van der Waals surface area contributed by atoms with Crippen molar-refractivity contribution in [3.05, 3.63) is 48.4 Å². The van der Waals surface area contributed by atoms with Crippen molar-refractivity contribution >= 4 is 17.5 Å². The second-order valence-electron chi connectivity index (χ2n) is 7.38. The maximum Gasteiger partial charge on any atom is 0.322 e. The van der Waals surface area contributed by atoms with Crippen LogP contribution >= 0.6 is 0 Å². The minimum Gasteiger partial charge on any atom is -0.376 e. The van der Waals surface area contributed by atoms with E-state index in [-0.39, 0.29) is 12.1 Å². The van der Waals surface area contributed by atoms with Crippen LogP contribution in [-0.4, -0.2) is 53.2 Å². The van der Waals surface area contributed by atoms with E-state index in [1.54, 1.807) is 18.6 Å². The van der Waals surface area contributed by atoms with Gasteiger partial charge in [0, 0.05) is 51.4 Å². The predicted molar refractivity (Wildman–Crippen MR) is 108 cm³/mol. The molecule has 0 aromatic carbocycles. The molecule has 0 radical (unpaired) electrons. The van der Waals surface area contributed by atoms with Crippen LogP contribution in [0.5, 0.6) is 0 Å². The van der Waals surface area contributed by atoms with Crippen LogP contribution < -0.4 is 10.2 Å². The van der Waals surface area contributed by atoms with E-state index in [0.717, 1.165) is 62.4 Å². The van der Waals surface area contributed by atoms with Crippen LogP contribution in [0.1, 0.15) is 31.2 Å². The first kappa shape index (κ1) is 18.7. The Kier molecular flexibility index (Phi) is 6.01. The number of carbonyl (C=O) groups is 1. The van der Waals surface area contributed by atoms with E-state index in [0.29, 0.717) is 13.1 Å². The lowest BCUT2D eigenvalue weighted by atomic mass is 10.2. The number of rotatable bonds is 6. The molecule has 2 amide bonds. The lowest BCUT2D eigenvalue weighted by molar-refractivity contribution is 0.0819. The summed E-state index contributed by atoms with van der Waals surface area (Å²) in [6, 6.07) is 7.54. The van der Waals surface area contributed by atoms with Crippen LogP contribution in [0, 0.1) is 0 Å². The molecule has 7 heteroatoms. The first-order chi connectivity index (χ1) is 13.8. The smallest absolute Gasteiger partial charge is 0.322 e. The maximum atomic E-state index is 13.2. The molecule has 4 rings (SSSR count). The molecule has 148 valence electrons. The number of hydrogen-bond donors (Lipinski definition) is 1. The van der Waals surface area contributed by atoms with Gasteiger partial charge in [0.25, 0.3) is 0 Å². The summed E-state index contributed by atoms with van der Waals surface area (Å²) < 4.78 is 5.77. The number of nitrogens with zero attached hydrogens (tertiary/aromatic N) is 4. The van der Waals surface area contributed by atoms with E-state index >= 15 is 0 Å². The van der Waals surface area contributed by atoms with Gasteiger partial charge >= 0.3 is 6.03 Å².